The van der Waals surface area contributed by atoms with E-state index in [4.69, 9.17) is 8.83 Å². The van der Waals surface area contributed by atoms with Gasteiger partial charge in [0, 0.05) is 30.7 Å². The number of furan rings is 2. The molecule has 0 aliphatic rings. The van der Waals surface area contributed by atoms with Crippen molar-refractivity contribution in [3.05, 3.63) is 65.2 Å². The van der Waals surface area contributed by atoms with Gasteiger partial charge in [-0.2, -0.15) is 0 Å². The van der Waals surface area contributed by atoms with E-state index >= 15 is 0 Å². The van der Waals surface area contributed by atoms with Crippen LogP contribution in [0.3, 0.4) is 0 Å². The Bertz CT molecular complexity index is 856. The highest BCUT2D eigenvalue weighted by atomic mass is 16.3. The fourth-order valence-electron chi connectivity index (χ4n) is 2.07. The van der Waals surface area contributed by atoms with E-state index in [1.807, 2.05) is 0 Å². The van der Waals surface area contributed by atoms with Crippen LogP contribution in [-0.2, 0) is 11.3 Å². The topological polar surface area (TPSA) is 77.4 Å². The number of amides is 1. The quantitative estimate of drug-likeness (QED) is 0.731. The van der Waals surface area contributed by atoms with E-state index in [1.165, 1.54) is 23.2 Å². The molecule has 0 saturated heterocycles. The van der Waals surface area contributed by atoms with E-state index in [0.29, 0.717) is 24.4 Å². The third kappa shape index (κ3) is 3.01. The predicted octanol–water partition coefficient (Wildman–Crippen LogP) is 2.02. The van der Waals surface area contributed by atoms with Gasteiger partial charge in [0.25, 0.3) is 5.56 Å². The summed E-state index contributed by atoms with van der Waals surface area (Å²) < 4.78 is 11.7. The molecule has 1 N–H and O–H groups in total. The molecule has 0 aliphatic heterocycles. The molecule has 6 nitrogen and oxygen atoms in total. The summed E-state index contributed by atoms with van der Waals surface area (Å²) in [7, 11) is 0. The van der Waals surface area contributed by atoms with Crippen LogP contribution in [0.2, 0.25) is 0 Å². The third-order valence-electron chi connectivity index (χ3n) is 3.18. The standard InChI is InChI=1S/C16H14N2O4/c19-14(4-3-13-2-1-10-21-13)17-7-9-18-8-5-12-6-11-22-15(12)16(18)20/h1-6,8,10-11H,7,9H2,(H,17,19). The number of carbonyl (C=O) groups is 1. The Hall–Kier alpha value is -3.02. The molecule has 0 aliphatic carbocycles. The van der Waals surface area contributed by atoms with Gasteiger partial charge in [-0.05, 0) is 30.3 Å². The second kappa shape index (κ2) is 6.17. The van der Waals surface area contributed by atoms with Gasteiger partial charge in [0.2, 0.25) is 5.91 Å². The molecule has 0 unspecified atom stereocenters. The van der Waals surface area contributed by atoms with Crippen LogP contribution in [0.4, 0.5) is 0 Å². The van der Waals surface area contributed by atoms with Crippen molar-refractivity contribution >= 4 is 23.0 Å². The number of carbonyl (C=O) groups excluding carboxylic acids is 1. The Morgan fingerprint density at radius 3 is 2.95 bits per heavy atom. The second-order valence-electron chi connectivity index (χ2n) is 4.66. The van der Waals surface area contributed by atoms with Gasteiger partial charge in [0.1, 0.15) is 5.76 Å². The predicted molar refractivity (Wildman–Crippen MR) is 81.2 cm³/mol. The zero-order chi connectivity index (χ0) is 15.4. The van der Waals surface area contributed by atoms with E-state index in [0.717, 1.165) is 5.39 Å². The first-order chi connectivity index (χ1) is 10.7. The van der Waals surface area contributed by atoms with Crippen molar-refractivity contribution in [2.24, 2.45) is 0 Å². The molecule has 3 aromatic rings. The molecule has 0 aromatic carbocycles. The summed E-state index contributed by atoms with van der Waals surface area (Å²) in [4.78, 5) is 23.7. The molecular formula is C16H14N2O4. The maximum absolute atomic E-state index is 12.1. The van der Waals surface area contributed by atoms with Crippen LogP contribution in [0.5, 0.6) is 0 Å². The van der Waals surface area contributed by atoms with E-state index < -0.39 is 0 Å². The number of hydrogen-bond donors (Lipinski definition) is 1. The average Bonchev–Trinajstić information content (AvgIpc) is 3.18. The number of hydrogen-bond acceptors (Lipinski definition) is 4. The van der Waals surface area contributed by atoms with E-state index in [9.17, 15) is 9.59 Å². The summed E-state index contributed by atoms with van der Waals surface area (Å²) in [6.07, 6.45) is 7.67. The lowest BCUT2D eigenvalue weighted by molar-refractivity contribution is -0.116. The van der Waals surface area contributed by atoms with Crippen molar-refractivity contribution in [1.29, 1.82) is 0 Å². The third-order valence-corrected chi connectivity index (χ3v) is 3.18. The first-order valence-corrected chi connectivity index (χ1v) is 6.80. The molecule has 0 bridgehead atoms. The summed E-state index contributed by atoms with van der Waals surface area (Å²) in [6, 6.07) is 7.04. The molecule has 3 aromatic heterocycles. The monoisotopic (exact) mass is 298 g/mol. The lowest BCUT2D eigenvalue weighted by Gasteiger charge is -2.05. The summed E-state index contributed by atoms with van der Waals surface area (Å²) in [5, 5.41) is 3.48. The molecule has 3 rings (SSSR count). The van der Waals surface area contributed by atoms with Crippen molar-refractivity contribution < 1.29 is 13.6 Å². The first kappa shape index (κ1) is 13.9. The van der Waals surface area contributed by atoms with E-state index in [1.54, 1.807) is 36.5 Å². The Morgan fingerprint density at radius 1 is 1.23 bits per heavy atom. The van der Waals surface area contributed by atoms with Gasteiger partial charge >= 0.3 is 0 Å². The van der Waals surface area contributed by atoms with E-state index in [-0.39, 0.29) is 11.5 Å². The zero-order valence-corrected chi connectivity index (χ0v) is 11.7. The normalized spacial score (nSPS) is 11.3. The molecule has 6 heteroatoms. The summed E-state index contributed by atoms with van der Waals surface area (Å²) in [5.41, 5.74) is 0.120. The second-order valence-corrected chi connectivity index (χ2v) is 4.66. The summed E-state index contributed by atoms with van der Waals surface area (Å²) in [6.45, 7) is 0.712. The Kier molecular flexibility index (Phi) is 3.91. The van der Waals surface area contributed by atoms with Crippen LogP contribution < -0.4 is 10.9 Å². The van der Waals surface area contributed by atoms with Gasteiger partial charge < -0.3 is 18.7 Å². The molecule has 0 spiro atoms. The molecule has 0 saturated carbocycles. The first-order valence-electron chi connectivity index (χ1n) is 6.80. The van der Waals surface area contributed by atoms with Crippen LogP contribution in [0.15, 0.2) is 62.7 Å². The van der Waals surface area contributed by atoms with E-state index in [2.05, 4.69) is 5.32 Å². The maximum atomic E-state index is 12.1. The maximum Gasteiger partial charge on any atom is 0.294 e. The number of fused-ring (bicyclic) bond motifs is 1. The minimum absolute atomic E-state index is 0.206. The smallest absolute Gasteiger partial charge is 0.294 e. The Morgan fingerprint density at radius 2 is 2.14 bits per heavy atom. The highest BCUT2D eigenvalue weighted by Crippen LogP contribution is 2.09. The van der Waals surface area contributed by atoms with Crippen molar-refractivity contribution in [1.82, 2.24) is 9.88 Å². The van der Waals surface area contributed by atoms with Crippen molar-refractivity contribution in [3.8, 4) is 0 Å². The number of rotatable bonds is 5. The van der Waals surface area contributed by atoms with Crippen LogP contribution >= 0.6 is 0 Å². The highest BCUT2D eigenvalue weighted by molar-refractivity contribution is 5.91. The van der Waals surface area contributed by atoms with Crippen LogP contribution in [-0.4, -0.2) is 17.0 Å². The Balaban J connectivity index is 1.57. The number of nitrogens with one attached hydrogen (secondary N) is 1. The molecule has 22 heavy (non-hydrogen) atoms. The number of nitrogens with zero attached hydrogens (tertiary/aromatic N) is 1. The fourth-order valence-corrected chi connectivity index (χ4v) is 2.07. The van der Waals surface area contributed by atoms with Crippen molar-refractivity contribution in [2.45, 2.75) is 6.54 Å². The largest absolute Gasteiger partial charge is 0.465 e. The van der Waals surface area contributed by atoms with Gasteiger partial charge in [-0.1, -0.05) is 0 Å². The lowest BCUT2D eigenvalue weighted by atomic mass is 10.3. The van der Waals surface area contributed by atoms with Crippen LogP contribution in [0.1, 0.15) is 5.76 Å². The molecule has 0 radical (unpaired) electrons. The fraction of sp³-hybridized carbons (Fsp3) is 0.125. The molecule has 112 valence electrons. The van der Waals surface area contributed by atoms with Gasteiger partial charge in [0.15, 0.2) is 5.58 Å². The average molecular weight is 298 g/mol. The van der Waals surface area contributed by atoms with Crippen molar-refractivity contribution in [2.75, 3.05) is 6.54 Å². The summed E-state index contributed by atoms with van der Waals surface area (Å²) in [5.74, 6) is 0.359. The SMILES string of the molecule is O=C(C=Cc1ccco1)NCCn1ccc2ccoc2c1=O. The molecule has 0 atom stereocenters. The molecule has 3 heterocycles. The minimum Gasteiger partial charge on any atom is -0.465 e. The van der Waals surface area contributed by atoms with Crippen molar-refractivity contribution in [3.63, 3.8) is 0 Å². The minimum atomic E-state index is -0.247. The Labute approximate surface area is 125 Å². The molecule has 1 amide bonds. The van der Waals surface area contributed by atoms with Gasteiger partial charge in [-0.3, -0.25) is 9.59 Å². The van der Waals surface area contributed by atoms with Crippen LogP contribution in [0, 0.1) is 0 Å². The number of aromatic nitrogens is 1. The van der Waals surface area contributed by atoms with Gasteiger partial charge in [-0.15, -0.1) is 0 Å². The number of pyridine rings is 1. The lowest BCUT2D eigenvalue weighted by Crippen LogP contribution is -2.29. The van der Waals surface area contributed by atoms with Gasteiger partial charge in [0.05, 0.1) is 12.5 Å². The molecular weight excluding hydrogens is 284 g/mol. The zero-order valence-electron chi connectivity index (χ0n) is 11.7. The molecule has 0 fully saturated rings. The van der Waals surface area contributed by atoms with Crippen LogP contribution in [0.25, 0.3) is 17.0 Å². The highest BCUT2D eigenvalue weighted by Gasteiger charge is 2.05. The summed E-state index contributed by atoms with van der Waals surface area (Å²) >= 11 is 0. The van der Waals surface area contributed by atoms with Gasteiger partial charge in [-0.25, -0.2) is 0 Å².